The van der Waals surface area contributed by atoms with Crippen LogP contribution in [0.5, 0.6) is 0 Å². The van der Waals surface area contributed by atoms with E-state index in [1.54, 1.807) is 11.3 Å². The molecule has 0 radical (unpaired) electrons. The zero-order valence-corrected chi connectivity index (χ0v) is 10.2. The lowest BCUT2D eigenvalue weighted by Crippen LogP contribution is -2.10. The highest BCUT2D eigenvalue weighted by Gasteiger charge is 2.09. The molecule has 2 N–H and O–H groups in total. The van der Waals surface area contributed by atoms with Gasteiger partial charge in [0.2, 0.25) is 0 Å². The van der Waals surface area contributed by atoms with E-state index in [4.69, 9.17) is 5.73 Å². The van der Waals surface area contributed by atoms with Crippen LogP contribution < -0.4 is 5.73 Å². The van der Waals surface area contributed by atoms with Gasteiger partial charge in [-0.2, -0.15) is 11.3 Å². The van der Waals surface area contributed by atoms with Gasteiger partial charge in [0.05, 0.1) is 24.5 Å². The average molecular weight is 236 g/mol. The van der Waals surface area contributed by atoms with Gasteiger partial charge < -0.3 is 5.73 Å². The van der Waals surface area contributed by atoms with Crippen molar-refractivity contribution in [3.8, 4) is 0 Å². The molecular weight excluding hydrogens is 220 g/mol. The summed E-state index contributed by atoms with van der Waals surface area (Å²) in [6.45, 7) is 2.89. The second kappa shape index (κ2) is 5.23. The van der Waals surface area contributed by atoms with E-state index in [0.717, 1.165) is 25.1 Å². The Morgan fingerprint density at radius 1 is 1.56 bits per heavy atom. The van der Waals surface area contributed by atoms with Crippen LogP contribution in [0.3, 0.4) is 0 Å². The van der Waals surface area contributed by atoms with Gasteiger partial charge in [-0.1, -0.05) is 18.6 Å². The summed E-state index contributed by atoms with van der Waals surface area (Å²) in [5.41, 5.74) is 8.12. The summed E-state index contributed by atoms with van der Waals surface area (Å²) in [5.74, 6) is 0. The molecule has 1 unspecified atom stereocenters. The molecule has 86 valence electrons. The molecule has 2 heterocycles. The van der Waals surface area contributed by atoms with Crippen LogP contribution in [0, 0.1) is 0 Å². The molecule has 16 heavy (non-hydrogen) atoms. The smallest absolute Gasteiger partial charge is 0.0994 e. The lowest BCUT2D eigenvalue weighted by atomic mass is 10.1. The van der Waals surface area contributed by atoms with E-state index in [1.807, 2.05) is 10.9 Å². The summed E-state index contributed by atoms with van der Waals surface area (Å²) in [6, 6.07) is 2.11. The van der Waals surface area contributed by atoms with Crippen molar-refractivity contribution < 1.29 is 0 Å². The third-order valence-electron chi connectivity index (χ3n) is 2.46. The number of nitrogens with two attached hydrogens (primary N) is 1. The molecule has 4 nitrogen and oxygen atoms in total. The maximum atomic E-state index is 5.98. The van der Waals surface area contributed by atoms with Crippen molar-refractivity contribution in [3.05, 3.63) is 34.3 Å². The molecule has 0 aliphatic heterocycles. The number of hydrogen-bond donors (Lipinski definition) is 1. The largest absolute Gasteiger partial charge is 0.323 e. The van der Waals surface area contributed by atoms with Crippen LogP contribution in [-0.4, -0.2) is 15.0 Å². The number of rotatable bonds is 5. The van der Waals surface area contributed by atoms with E-state index >= 15 is 0 Å². The average Bonchev–Trinajstić information content (AvgIpc) is 2.90. The van der Waals surface area contributed by atoms with E-state index < -0.39 is 0 Å². The van der Waals surface area contributed by atoms with Crippen molar-refractivity contribution in [1.82, 2.24) is 15.0 Å². The topological polar surface area (TPSA) is 56.7 Å². The van der Waals surface area contributed by atoms with Crippen LogP contribution in [0.2, 0.25) is 0 Å². The molecule has 1 atom stereocenters. The molecule has 2 aromatic rings. The van der Waals surface area contributed by atoms with Gasteiger partial charge in [-0.25, -0.2) is 4.68 Å². The zero-order valence-electron chi connectivity index (χ0n) is 9.34. The number of thiophene rings is 1. The molecule has 2 aromatic heterocycles. The highest BCUT2D eigenvalue weighted by molar-refractivity contribution is 7.07. The first-order valence-electron chi connectivity index (χ1n) is 5.46. The van der Waals surface area contributed by atoms with Gasteiger partial charge in [-0.05, 0) is 28.8 Å². The van der Waals surface area contributed by atoms with Crippen LogP contribution in [0.25, 0.3) is 0 Å². The standard InChI is InChI=1S/C11H16N4S/c1-2-3-10(12)11-7-15(14-13-11)6-9-4-5-16-8-9/h4-5,7-8,10H,2-3,6,12H2,1H3. The Bertz CT molecular complexity index is 421. The lowest BCUT2D eigenvalue weighted by molar-refractivity contribution is 0.617. The predicted molar refractivity (Wildman–Crippen MR) is 65.3 cm³/mol. The summed E-state index contributed by atoms with van der Waals surface area (Å²) < 4.78 is 1.84. The quantitative estimate of drug-likeness (QED) is 0.865. The summed E-state index contributed by atoms with van der Waals surface area (Å²) in [5, 5.41) is 12.4. The molecule has 0 aliphatic carbocycles. The minimum Gasteiger partial charge on any atom is -0.323 e. The molecule has 0 aromatic carbocycles. The third-order valence-corrected chi connectivity index (χ3v) is 3.19. The van der Waals surface area contributed by atoms with Gasteiger partial charge in [0.15, 0.2) is 0 Å². The summed E-state index contributed by atoms with van der Waals surface area (Å²) >= 11 is 1.69. The summed E-state index contributed by atoms with van der Waals surface area (Å²) in [7, 11) is 0. The van der Waals surface area contributed by atoms with Crippen LogP contribution in [0.1, 0.15) is 37.1 Å². The van der Waals surface area contributed by atoms with E-state index in [0.29, 0.717) is 0 Å². The molecule has 0 amide bonds. The van der Waals surface area contributed by atoms with Crippen LogP contribution in [-0.2, 0) is 6.54 Å². The normalized spacial score (nSPS) is 12.9. The molecule has 5 heteroatoms. The van der Waals surface area contributed by atoms with Gasteiger partial charge >= 0.3 is 0 Å². The second-order valence-corrected chi connectivity index (χ2v) is 4.65. The first-order valence-corrected chi connectivity index (χ1v) is 6.40. The number of aromatic nitrogens is 3. The fourth-order valence-electron chi connectivity index (χ4n) is 1.59. The number of nitrogens with zero attached hydrogens (tertiary/aromatic N) is 3. The van der Waals surface area contributed by atoms with Crippen molar-refractivity contribution in [2.75, 3.05) is 0 Å². The molecule has 0 bridgehead atoms. The summed E-state index contributed by atoms with van der Waals surface area (Å²) in [4.78, 5) is 0. The Balaban J connectivity index is 2.02. The van der Waals surface area contributed by atoms with Gasteiger partial charge in [-0.3, -0.25) is 0 Å². The third kappa shape index (κ3) is 2.68. The fourth-order valence-corrected chi connectivity index (χ4v) is 2.25. The summed E-state index contributed by atoms with van der Waals surface area (Å²) in [6.07, 6.45) is 3.97. The molecule has 0 fully saturated rings. The highest BCUT2D eigenvalue weighted by Crippen LogP contribution is 2.13. The van der Waals surface area contributed by atoms with Gasteiger partial charge in [0, 0.05) is 0 Å². The molecule has 0 aliphatic rings. The van der Waals surface area contributed by atoms with E-state index in [-0.39, 0.29) is 6.04 Å². The first kappa shape index (κ1) is 11.3. The molecule has 0 saturated carbocycles. The fraction of sp³-hybridized carbons (Fsp3) is 0.455. The Morgan fingerprint density at radius 2 is 2.44 bits per heavy atom. The Kier molecular flexibility index (Phi) is 3.69. The maximum absolute atomic E-state index is 5.98. The molecule has 0 saturated heterocycles. The Labute approximate surface area is 99.1 Å². The van der Waals surface area contributed by atoms with Crippen molar-refractivity contribution in [1.29, 1.82) is 0 Å². The van der Waals surface area contributed by atoms with E-state index in [2.05, 4.69) is 34.1 Å². The van der Waals surface area contributed by atoms with Crippen molar-refractivity contribution in [2.24, 2.45) is 5.73 Å². The number of hydrogen-bond acceptors (Lipinski definition) is 4. The van der Waals surface area contributed by atoms with Crippen molar-refractivity contribution in [2.45, 2.75) is 32.4 Å². The molecular formula is C11H16N4S. The Morgan fingerprint density at radius 3 is 3.12 bits per heavy atom. The van der Waals surface area contributed by atoms with Crippen LogP contribution in [0.4, 0.5) is 0 Å². The van der Waals surface area contributed by atoms with Crippen molar-refractivity contribution in [3.63, 3.8) is 0 Å². The van der Waals surface area contributed by atoms with E-state index in [9.17, 15) is 0 Å². The van der Waals surface area contributed by atoms with Gasteiger partial charge in [-0.15, -0.1) is 5.10 Å². The zero-order chi connectivity index (χ0) is 11.4. The Hall–Kier alpha value is -1.20. The predicted octanol–water partition coefficient (Wildman–Crippen LogP) is 2.19. The molecule has 2 rings (SSSR count). The van der Waals surface area contributed by atoms with Crippen LogP contribution >= 0.6 is 11.3 Å². The second-order valence-electron chi connectivity index (χ2n) is 3.87. The molecule has 0 spiro atoms. The SMILES string of the molecule is CCCC(N)c1cn(Cc2ccsc2)nn1. The first-order chi connectivity index (χ1) is 7.79. The minimum absolute atomic E-state index is 0.0150. The highest BCUT2D eigenvalue weighted by atomic mass is 32.1. The van der Waals surface area contributed by atoms with Crippen molar-refractivity contribution >= 4 is 11.3 Å². The van der Waals surface area contributed by atoms with Crippen LogP contribution in [0.15, 0.2) is 23.0 Å². The minimum atomic E-state index is 0.0150. The monoisotopic (exact) mass is 236 g/mol. The van der Waals surface area contributed by atoms with E-state index in [1.165, 1.54) is 5.56 Å². The van der Waals surface area contributed by atoms with Gasteiger partial charge in [0.25, 0.3) is 0 Å². The van der Waals surface area contributed by atoms with Gasteiger partial charge in [0.1, 0.15) is 0 Å². The maximum Gasteiger partial charge on any atom is 0.0994 e. The lowest BCUT2D eigenvalue weighted by Gasteiger charge is -2.04.